The van der Waals surface area contributed by atoms with E-state index in [4.69, 9.17) is 11.6 Å². The van der Waals surface area contributed by atoms with Gasteiger partial charge in [-0.15, -0.1) is 0 Å². The van der Waals surface area contributed by atoms with Crippen LogP contribution in [-0.4, -0.2) is 36.0 Å². The lowest BCUT2D eigenvalue weighted by Crippen LogP contribution is -2.39. The molecule has 1 aliphatic heterocycles. The first kappa shape index (κ1) is 15.8. The maximum atomic E-state index is 12.7. The van der Waals surface area contributed by atoms with Gasteiger partial charge in [0.25, 0.3) is 0 Å². The van der Waals surface area contributed by atoms with Crippen LogP contribution in [0.1, 0.15) is 19.2 Å². The Bertz CT molecular complexity index is 566. The maximum Gasteiger partial charge on any atom is 0.451 e. The first-order valence-corrected chi connectivity index (χ1v) is 6.62. The molecular weight excluding hydrogens is 309 g/mol. The summed E-state index contributed by atoms with van der Waals surface area (Å²) in [6.07, 6.45) is -4.14. The summed E-state index contributed by atoms with van der Waals surface area (Å²) in [6, 6.07) is 1.27. The fourth-order valence-electron chi connectivity index (χ4n) is 2.34. The first-order valence-electron chi connectivity index (χ1n) is 6.24. The molecule has 2 rings (SSSR count). The van der Waals surface area contributed by atoms with Gasteiger partial charge in [0.15, 0.2) is 0 Å². The van der Waals surface area contributed by atoms with Gasteiger partial charge in [0.1, 0.15) is 11.0 Å². The van der Waals surface area contributed by atoms with Gasteiger partial charge in [-0.3, -0.25) is 4.79 Å². The fourth-order valence-corrected chi connectivity index (χ4v) is 2.52. The lowest BCUT2D eigenvalue weighted by Gasteiger charge is -2.23. The molecule has 5 nitrogen and oxygen atoms in total. The summed E-state index contributed by atoms with van der Waals surface area (Å²) in [5.41, 5.74) is -0.662. The third kappa shape index (κ3) is 3.20. The van der Waals surface area contributed by atoms with Gasteiger partial charge in [0.05, 0.1) is 5.41 Å². The van der Waals surface area contributed by atoms with E-state index in [1.54, 1.807) is 11.8 Å². The minimum Gasteiger partial charge on any atom is -0.359 e. The molecule has 1 N–H and O–H groups in total. The van der Waals surface area contributed by atoms with E-state index in [0.29, 0.717) is 13.0 Å². The highest BCUT2D eigenvalue weighted by Gasteiger charge is 2.41. The number of nitrogens with zero attached hydrogens (tertiary/aromatic N) is 3. The monoisotopic (exact) mass is 322 g/mol. The van der Waals surface area contributed by atoms with Crippen molar-refractivity contribution in [3.8, 4) is 0 Å². The topological polar surface area (TPSA) is 58.1 Å². The molecule has 1 aromatic heterocycles. The quantitative estimate of drug-likeness (QED) is 0.847. The number of anilines is 1. The van der Waals surface area contributed by atoms with Crippen molar-refractivity contribution in [1.29, 1.82) is 0 Å². The van der Waals surface area contributed by atoms with E-state index in [-0.39, 0.29) is 23.4 Å². The van der Waals surface area contributed by atoms with Crippen LogP contribution in [0.15, 0.2) is 6.07 Å². The van der Waals surface area contributed by atoms with Gasteiger partial charge in [-0.2, -0.15) is 13.2 Å². The Morgan fingerprint density at radius 3 is 2.71 bits per heavy atom. The number of hydrogen-bond donors (Lipinski definition) is 1. The van der Waals surface area contributed by atoms with Crippen molar-refractivity contribution in [2.45, 2.75) is 19.5 Å². The van der Waals surface area contributed by atoms with Crippen LogP contribution in [-0.2, 0) is 11.0 Å². The predicted octanol–water partition coefficient (Wildman–Crippen LogP) is 2.11. The molecule has 0 saturated carbocycles. The third-order valence-corrected chi connectivity index (χ3v) is 3.70. The van der Waals surface area contributed by atoms with Crippen molar-refractivity contribution in [3.05, 3.63) is 17.0 Å². The number of carbonyl (C=O) groups is 1. The van der Waals surface area contributed by atoms with E-state index >= 15 is 0 Å². The molecule has 2 heterocycles. The van der Waals surface area contributed by atoms with Crippen molar-refractivity contribution in [3.63, 3.8) is 0 Å². The average Bonchev–Trinajstić information content (AvgIpc) is 2.80. The standard InChI is InChI=1S/C12H14ClF3N4O/c1-11(10(21)17-2)3-4-20(6-11)8-5-7(13)18-9(19-8)12(14,15)16/h5H,3-4,6H2,1-2H3,(H,17,21). The summed E-state index contributed by atoms with van der Waals surface area (Å²) in [5.74, 6) is -1.35. The van der Waals surface area contributed by atoms with Crippen LogP contribution in [0, 0.1) is 5.41 Å². The van der Waals surface area contributed by atoms with Crippen LogP contribution < -0.4 is 10.2 Å². The molecule has 1 unspecified atom stereocenters. The Morgan fingerprint density at radius 2 is 2.14 bits per heavy atom. The SMILES string of the molecule is CNC(=O)C1(C)CCN(c2cc(Cl)nc(C(F)(F)F)n2)C1. The zero-order chi connectivity index (χ0) is 15.8. The van der Waals surface area contributed by atoms with Gasteiger partial charge in [-0.25, -0.2) is 9.97 Å². The van der Waals surface area contributed by atoms with Crippen molar-refractivity contribution >= 4 is 23.3 Å². The highest BCUT2D eigenvalue weighted by atomic mass is 35.5. The van der Waals surface area contributed by atoms with Crippen molar-refractivity contribution < 1.29 is 18.0 Å². The molecule has 0 bridgehead atoms. The zero-order valence-electron chi connectivity index (χ0n) is 11.5. The second-order valence-electron chi connectivity index (χ2n) is 5.18. The second-order valence-corrected chi connectivity index (χ2v) is 5.57. The van der Waals surface area contributed by atoms with Crippen molar-refractivity contribution in [1.82, 2.24) is 15.3 Å². The second kappa shape index (κ2) is 5.32. The molecule has 21 heavy (non-hydrogen) atoms. The van der Waals surface area contributed by atoms with Crippen LogP contribution in [0.5, 0.6) is 0 Å². The summed E-state index contributed by atoms with van der Waals surface area (Å²) >= 11 is 5.64. The molecule has 1 fully saturated rings. The van der Waals surface area contributed by atoms with E-state index in [2.05, 4.69) is 15.3 Å². The molecule has 0 aromatic carbocycles. The molecule has 0 aliphatic carbocycles. The number of rotatable bonds is 2. The van der Waals surface area contributed by atoms with E-state index in [9.17, 15) is 18.0 Å². The maximum absolute atomic E-state index is 12.7. The van der Waals surface area contributed by atoms with E-state index in [1.165, 1.54) is 13.1 Å². The summed E-state index contributed by atoms with van der Waals surface area (Å²) < 4.78 is 38.1. The molecule has 116 valence electrons. The Kier molecular flexibility index (Phi) is 4.01. The lowest BCUT2D eigenvalue weighted by molar-refractivity contribution is -0.144. The smallest absolute Gasteiger partial charge is 0.359 e. The van der Waals surface area contributed by atoms with E-state index < -0.39 is 17.4 Å². The van der Waals surface area contributed by atoms with E-state index in [0.717, 1.165) is 0 Å². The summed E-state index contributed by atoms with van der Waals surface area (Å²) in [5, 5.41) is 2.29. The van der Waals surface area contributed by atoms with E-state index in [1.807, 2.05) is 0 Å². The van der Waals surface area contributed by atoms with Gasteiger partial charge in [0, 0.05) is 26.2 Å². The number of hydrogen-bond acceptors (Lipinski definition) is 4. The number of aromatic nitrogens is 2. The summed E-state index contributed by atoms with van der Waals surface area (Å²) in [4.78, 5) is 20.1. The van der Waals surface area contributed by atoms with Crippen LogP contribution in [0.2, 0.25) is 5.15 Å². The average molecular weight is 323 g/mol. The number of halogens is 4. The molecular formula is C12H14ClF3N4O. The van der Waals surface area contributed by atoms with Crippen molar-refractivity contribution in [2.24, 2.45) is 5.41 Å². The largest absolute Gasteiger partial charge is 0.451 e. The molecule has 1 atom stereocenters. The highest BCUT2D eigenvalue weighted by molar-refractivity contribution is 6.29. The molecule has 1 aromatic rings. The Balaban J connectivity index is 2.28. The Hall–Kier alpha value is -1.57. The number of carbonyl (C=O) groups excluding carboxylic acids is 1. The van der Waals surface area contributed by atoms with Crippen LogP contribution in [0.3, 0.4) is 0 Å². The van der Waals surface area contributed by atoms with Gasteiger partial charge in [-0.1, -0.05) is 11.6 Å². The highest BCUT2D eigenvalue weighted by Crippen LogP contribution is 2.35. The number of amides is 1. The van der Waals surface area contributed by atoms with Crippen molar-refractivity contribution in [2.75, 3.05) is 25.0 Å². The minimum absolute atomic E-state index is 0.0787. The summed E-state index contributed by atoms with van der Waals surface area (Å²) in [6.45, 7) is 2.46. The van der Waals surface area contributed by atoms with Crippen LogP contribution >= 0.6 is 11.6 Å². The fraction of sp³-hybridized carbons (Fsp3) is 0.583. The number of nitrogens with one attached hydrogen (secondary N) is 1. The molecule has 0 spiro atoms. The van der Waals surface area contributed by atoms with Crippen LogP contribution in [0.4, 0.5) is 19.0 Å². The molecule has 1 aliphatic rings. The first-order chi connectivity index (χ1) is 9.65. The molecule has 0 radical (unpaired) electrons. The minimum atomic E-state index is -4.66. The lowest BCUT2D eigenvalue weighted by atomic mass is 9.89. The molecule has 1 saturated heterocycles. The van der Waals surface area contributed by atoms with Gasteiger partial charge in [-0.05, 0) is 13.3 Å². The van der Waals surface area contributed by atoms with Gasteiger partial charge >= 0.3 is 6.18 Å². The zero-order valence-corrected chi connectivity index (χ0v) is 12.2. The Labute approximate surface area is 124 Å². The normalized spacial score (nSPS) is 22.5. The number of alkyl halides is 3. The Morgan fingerprint density at radius 1 is 1.48 bits per heavy atom. The predicted molar refractivity (Wildman–Crippen MR) is 71.0 cm³/mol. The molecule has 9 heteroatoms. The van der Waals surface area contributed by atoms with Gasteiger partial charge < -0.3 is 10.2 Å². The van der Waals surface area contributed by atoms with Gasteiger partial charge in [0.2, 0.25) is 11.7 Å². The third-order valence-electron chi connectivity index (χ3n) is 3.51. The summed E-state index contributed by atoms with van der Waals surface area (Å²) in [7, 11) is 1.53. The van der Waals surface area contributed by atoms with Crippen LogP contribution in [0.25, 0.3) is 0 Å². The molecule has 1 amide bonds.